The van der Waals surface area contributed by atoms with Crippen molar-refractivity contribution in [1.82, 2.24) is 5.32 Å². The molecule has 1 heterocycles. The molecule has 0 radical (unpaired) electrons. The summed E-state index contributed by atoms with van der Waals surface area (Å²) in [6.07, 6.45) is 5.35. The summed E-state index contributed by atoms with van der Waals surface area (Å²) in [6.45, 7) is 5.87. The summed E-state index contributed by atoms with van der Waals surface area (Å²) < 4.78 is 0. The minimum atomic E-state index is -0.232. The quantitative estimate of drug-likeness (QED) is 0.731. The SMILES string of the molecule is CCC(CC)C(O)CNC1=NCCCC1. The molecule has 1 unspecified atom stereocenters. The fourth-order valence-corrected chi connectivity index (χ4v) is 2.06. The molecule has 0 amide bonds. The normalized spacial score (nSPS) is 18.8. The van der Waals surface area contributed by atoms with E-state index in [-0.39, 0.29) is 6.10 Å². The van der Waals surface area contributed by atoms with Gasteiger partial charge in [0.25, 0.3) is 0 Å². The molecule has 3 heteroatoms. The molecule has 0 aromatic carbocycles. The molecule has 1 rings (SSSR count). The number of aliphatic imine (C=N–C) groups is 1. The maximum absolute atomic E-state index is 9.92. The average molecular weight is 212 g/mol. The molecule has 0 aliphatic carbocycles. The monoisotopic (exact) mass is 212 g/mol. The van der Waals surface area contributed by atoms with Gasteiger partial charge in [0.15, 0.2) is 0 Å². The lowest BCUT2D eigenvalue weighted by molar-refractivity contribution is 0.106. The molecular formula is C12H24N2O. The molecule has 3 nitrogen and oxygen atoms in total. The molecule has 15 heavy (non-hydrogen) atoms. The van der Waals surface area contributed by atoms with Crippen molar-refractivity contribution in [2.24, 2.45) is 10.9 Å². The van der Waals surface area contributed by atoms with Crippen molar-refractivity contribution in [3.05, 3.63) is 0 Å². The largest absolute Gasteiger partial charge is 0.391 e. The Morgan fingerprint density at radius 3 is 2.60 bits per heavy atom. The second-order valence-electron chi connectivity index (χ2n) is 4.31. The molecule has 1 atom stereocenters. The highest BCUT2D eigenvalue weighted by molar-refractivity contribution is 5.82. The number of amidine groups is 1. The van der Waals surface area contributed by atoms with Crippen LogP contribution in [-0.4, -0.2) is 30.1 Å². The lowest BCUT2D eigenvalue weighted by Crippen LogP contribution is -2.36. The molecule has 0 saturated heterocycles. The molecule has 1 aliphatic heterocycles. The number of nitrogens with one attached hydrogen (secondary N) is 1. The van der Waals surface area contributed by atoms with Crippen LogP contribution in [0.4, 0.5) is 0 Å². The van der Waals surface area contributed by atoms with Crippen LogP contribution < -0.4 is 5.32 Å². The predicted octanol–water partition coefficient (Wildman–Crippen LogP) is 1.96. The van der Waals surface area contributed by atoms with Crippen LogP contribution >= 0.6 is 0 Å². The fourth-order valence-electron chi connectivity index (χ4n) is 2.06. The molecule has 0 saturated carbocycles. The van der Waals surface area contributed by atoms with Gasteiger partial charge in [0.05, 0.1) is 11.9 Å². The van der Waals surface area contributed by atoms with Crippen LogP contribution in [-0.2, 0) is 0 Å². The van der Waals surface area contributed by atoms with Crippen molar-refractivity contribution in [2.45, 2.75) is 52.1 Å². The molecule has 0 fully saturated rings. The van der Waals surface area contributed by atoms with Crippen LogP contribution in [0.25, 0.3) is 0 Å². The van der Waals surface area contributed by atoms with Gasteiger partial charge in [-0.25, -0.2) is 0 Å². The van der Waals surface area contributed by atoms with E-state index < -0.39 is 0 Å². The van der Waals surface area contributed by atoms with Gasteiger partial charge < -0.3 is 10.4 Å². The zero-order valence-electron chi connectivity index (χ0n) is 10.00. The van der Waals surface area contributed by atoms with E-state index in [9.17, 15) is 5.11 Å². The highest BCUT2D eigenvalue weighted by Crippen LogP contribution is 2.12. The molecule has 0 bridgehead atoms. The minimum Gasteiger partial charge on any atom is -0.391 e. The van der Waals surface area contributed by atoms with Gasteiger partial charge in [0.2, 0.25) is 0 Å². The van der Waals surface area contributed by atoms with Crippen LogP contribution in [0.15, 0.2) is 4.99 Å². The Labute approximate surface area is 93.0 Å². The molecular weight excluding hydrogens is 188 g/mol. The number of rotatable bonds is 5. The summed E-state index contributed by atoms with van der Waals surface area (Å²) in [6, 6.07) is 0. The van der Waals surface area contributed by atoms with E-state index in [4.69, 9.17) is 0 Å². The van der Waals surface area contributed by atoms with Gasteiger partial charge in [-0.3, -0.25) is 4.99 Å². The lowest BCUT2D eigenvalue weighted by atomic mass is 9.96. The van der Waals surface area contributed by atoms with E-state index in [1.54, 1.807) is 0 Å². The van der Waals surface area contributed by atoms with Crippen LogP contribution in [0.1, 0.15) is 46.0 Å². The smallest absolute Gasteiger partial charge is 0.0963 e. The number of aliphatic hydroxyl groups is 1. The highest BCUT2D eigenvalue weighted by atomic mass is 16.3. The van der Waals surface area contributed by atoms with Crippen LogP contribution in [0.3, 0.4) is 0 Å². The number of nitrogens with zero attached hydrogens (tertiary/aromatic N) is 1. The molecule has 88 valence electrons. The third kappa shape index (κ3) is 4.20. The Balaban J connectivity index is 2.25. The zero-order valence-corrected chi connectivity index (χ0v) is 10.00. The van der Waals surface area contributed by atoms with Crippen LogP contribution in [0.5, 0.6) is 0 Å². The lowest BCUT2D eigenvalue weighted by Gasteiger charge is -2.22. The zero-order chi connectivity index (χ0) is 11.1. The van der Waals surface area contributed by atoms with Gasteiger partial charge in [-0.15, -0.1) is 0 Å². The molecule has 0 spiro atoms. The van der Waals surface area contributed by atoms with Gasteiger partial charge >= 0.3 is 0 Å². The second-order valence-corrected chi connectivity index (χ2v) is 4.31. The summed E-state index contributed by atoms with van der Waals surface area (Å²) in [5, 5.41) is 13.2. The fraction of sp³-hybridized carbons (Fsp3) is 0.917. The van der Waals surface area contributed by atoms with E-state index in [0.29, 0.717) is 12.5 Å². The first-order chi connectivity index (χ1) is 7.27. The van der Waals surface area contributed by atoms with Gasteiger partial charge in [-0.05, 0) is 18.8 Å². The van der Waals surface area contributed by atoms with Crippen molar-refractivity contribution < 1.29 is 5.11 Å². The summed E-state index contributed by atoms with van der Waals surface area (Å²) >= 11 is 0. The van der Waals surface area contributed by atoms with Crippen LogP contribution in [0.2, 0.25) is 0 Å². The summed E-state index contributed by atoms with van der Waals surface area (Å²) in [7, 11) is 0. The van der Waals surface area contributed by atoms with E-state index in [1.807, 2.05) is 0 Å². The van der Waals surface area contributed by atoms with Crippen LogP contribution in [0, 0.1) is 5.92 Å². The third-order valence-corrected chi connectivity index (χ3v) is 3.23. The number of hydrogen-bond donors (Lipinski definition) is 2. The first-order valence-electron chi connectivity index (χ1n) is 6.23. The van der Waals surface area contributed by atoms with Crippen molar-refractivity contribution in [3.8, 4) is 0 Å². The Hall–Kier alpha value is -0.570. The van der Waals surface area contributed by atoms with Crippen molar-refractivity contribution in [3.63, 3.8) is 0 Å². The molecule has 0 aromatic heterocycles. The predicted molar refractivity (Wildman–Crippen MR) is 64.2 cm³/mol. The first-order valence-corrected chi connectivity index (χ1v) is 6.23. The second kappa shape index (κ2) is 6.83. The summed E-state index contributed by atoms with van der Waals surface area (Å²) in [5.41, 5.74) is 0. The topological polar surface area (TPSA) is 44.6 Å². The maximum Gasteiger partial charge on any atom is 0.0963 e. The Morgan fingerprint density at radius 1 is 1.33 bits per heavy atom. The van der Waals surface area contributed by atoms with E-state index >= 15 is 0 Å². The van der Waals surface area contributed by atoms with Crippen molar-refractivity contribution in [1.29, 1.82) is 0 Å². The number of aliphatic hydroxyl groups excluding tert-OH is 1. The number of hydrogen-bond acceptors (Lipinski definition) is 3. The van der Waals surface area contributed by atoms with Gasteiger partial charge in [0.1, 0.15) is 0 Å². The minimum absolute atomic E-state index is 0.232. The van der Waals surface area contributed by atoms with Gasteiger partial charge in [0, 0.05) is 19.5 Å². The summed E-state index contributed by atoms with van der Waals surface area (Å²) in [5.74, 6) is 1.51. The van der Waals surface area contributed by atoms with E-state index in [2.05, 4.69) is 24.2 Å². The maximum atomic E-state index is 9.92. The van der Waals surface area contributed by atoms with E-state index in [1.165, 1.54) is 12.8 Å². The average Bonchev–Trinajstić information content (AvgIpc) is 2.29. The van der Waals surface area contributed by atoms with E-state index in [0.717, 1.165) is 31.6 Å². The third-order valence-electron chi connectivity index (χ3n) is 3.23. The molecule has 0 aromatic rings. The Morgan fingerprint density at radius 2 is 2.07 bits per heavy atom. The van der Waals surface area contributed by atoms with Gasteiger partial charge in [-0.2, -0.15) is 0 Å². The summed E-state index contributed by atoms with van der Waals surface area (Å²) in [4.78, 5) is 4.41. The Bertz CT molecular complexity index is 200. The molecule has 1 aliphatic rings. The first kappa shape index (κ1) is 12.5. The van der Waals surface area contributed by atoms with Gasteiger partial charge in [-0.1, -0.05) is 26.7 Å². The Kier molecular flexibility index (Phi) is 5.69. The van der Waals surface area contributed by atoms with Crippen molar-refractivity contribution >= 4 is 5.84 Å². The standard InChI is InChI=1S/C12H24N2O/c1-3-10(4-2)11(15)9-14-12-7-5-6-8-13-12/h10-11,15H,3-9H2,1-2H3,(H,13,14). The highest BCUT2D eigenvalue weighted by Gasteiger charge is 2.15. The molecule has 2 N–H and O–H groups in total. The van der Waals surface area contributed by atoms with Crippen molar-refractivity contribution in [2.75, 3.05) is 13.1 Å².